The molecule has 4 aromatic rings. The Morgan fingerprint density at radius 2 is 0.807 bits per heavy atom. The number of carboxylic acid groups (broad SMARTS) is 2. The first-order valence-corrected chi connectivity index (χ1v) is 18.9. The molecule has 0 aliphatic heterocycles. The monoisotopic (exact) mass is 784 g/mol. The summed E-state index contributed by atoms with van der Waals surface area (Å²) in [7, 11) is 0. The molecule has 0 spiro atoms. The molecule has 4 amide bonds. The molecule has 4 aromatic carbocycles. The zero-order valence-electron chi connectivity index (χ0n) is 33.3. The molecule has 0 saturated heterocycles. The van der Waals surface area contributed by atoms with Crippen LogP contribution in [0.1, 0.15) is 87.2 Å². The van der Waals surface area contributed by atoms with Crippen LogP contribution in [0.3, 0.4) is 0 Å². The fourth-order valence-corrected chi connectivity index (χ4v) is 6.73. The van der Waals surface area contributed by atoms with Crippen LogP contribution in [0.5, 0.6) is 11.5 Å². The lowest BCUT2D eigenvalue weighted by atomic mass is 9.90. The highest BCUT2D eigenvalue weighted by atomic mass is 16.4. The first kappa shape index (κ1) is 43.5. The maximum Gasteiger partial charge on any atom is 0.326 e. The number of carboxylic acids is 2. The molecule has 0 unspecified atom stereocenters. The third-order valence-corrected chi connectivity index (χ3v) is 10.0. The highest BCUT2D eigenvalue weighted by molar-refractivity contribution is 6.07. The molecular formula is C43H52N4O10. The summed E-state index contributed by atoms with van der Waals surface area (Å²) in [5.74, 6) is -8.12. The highest BCUT2D eigenvalue weighted by Crippen LogP contribution is 2.39. The van der Waals surface area contributed by atoms with Crippen molar-refractivity contribution < 1.29 is 49.2 Å². The van der Waals surface area contributed by atoms with Crippen molar-refractivity contribution in [2.75, 3.05) is 0 Å². The van der Waals surface area contributed by atoms with Crippen LogP contribution in [0.4, 0.5) is 0 Å². The average molecular weight is 785 g/mol. The van der Waals surface area contributed by atoms with Crippen LogP contribution >= 0.6 is 0 Å². The van der Waals surface area contributed by atoms with E-state index in [1.807, 2.05) is 0 Å². The second-order valence-corrected chi connectivity index (χ2v) is 15.6. The van der Waals surface area contributed by atoms with Crippen LogP contribution in [-0.2, 0) is 25.6 Å². The number of aliphatic carboxylic acids is 2. The van der Waals surface area contributed by atoms with Crippen LogP contribution in [0.15, 0.2) is 60.7 Å². The van der Waals surface area contributed by atoms with Gasteiger partial charge in [-0.05, 0) is 57.3 Å². The number of phenols is 2. The lowest BCUT2D eigenvalue weighted by Gasteiger charge is -2.26. The number of hydrogen-bond acceptors (Lipinski definition) is 8. The summed E-state index contributed by atoms with van der Waals surface area (Å²) in [6.45, 7) is 13.3. The molecule has 14 heteroatoms. The SMILES string of the molecule is CC(C)[C@H](NC(=O)[C@@H](NC(=O)c1cc2ccccc2c(Cc2c(O)c(C(=O)N[C@H](C(=O)N[C@H](C(=O)O)C(C)C)C(C)C)cc3ccccc23)c1O)C(C)C)C(=O)O. The van der Waals surface area contributed by atoms with Crippen molar-refractivity contribution in [3.8, 4) is 11.5 Å². The molecule has 0 radical (unpaired) electrons. The molecule has 0 aromatic heterocycles. The van der Waals surface area contributed by atoms with Gasteiger partial charge in [0, 0.05) is 17.5 Å². The molecule has 8 N–H and O–H groups in total. The Labute approximate surface area is 331 Å². The fourth-order valence-electron chi connectivity index (χ4n) is 6.73. The number of carbonyl (C=O) groups is 6. The number of phenolic OH excluding ortho intramolecular Hbond substituents is 2. The van der Waals surface area contributed by atoms with E-state index in [0.717, 1.165) is 0 Å². The van der Waals surface area contributed by atoms with Crippen LogP contribution in [0, 0.1) is 23.7 Å². The van der Waals surface area contributed by atoms with Gasteiger partial charge < -0.3 is 41.7 Å². The smallest absolute Gasteiger partial charge is 0.326 e. The number of benzene rings is 4. The predicted molar refractivity (Wildman–Crippen MR) is 215 cm³/mol. The Kier molecular flexibility index (Phi) is 13.9. The normalized spacial score (nSPS) is 13.7. The number of fused-ring (bicyclic) bond motifs is 2. The number of carbonyl (C=O) groups excluding carboxylic acids is 4. The van der Waals surface area contributed by atoms with Gasteiger partial charge in [-0.15, -0.1) is 0 Å². The van der Waals surface area contributed by atoms with E-state index in [1.165, 1.54) is 12.1 Å². The van der Waals surface area contributed by atoms with E-state index >= 15 is 0 Å². The van der Waals surface area contributed by atoms with Crippen molar-refractivity contribution in [2.45, 2.75) is 86.0 Å². The van der Waals surface area contributed by atoms with Gasteiger partial charge in [0.25, 0.3) is 11.8 Å². The molecule has 0 saturated carbocycles. The van der Waals surface area contributed by atoms with E-state index in [1.54, 1.807) is 104 Å². The Hall–Kier alpha value is -6.18. The molecule has 0 bridgehead atoms. The van der Waals surface area contributed by atoms with Crippen molar-refractivity contribution in [1.29, 1.82) is 0 Å². The number of aromatic hydroxyl groups is 2. The summed E-state index contributed by atoms with van der Waals surface area (Å²) in [6.07, 6.45) is -0.174. The first-order chi connectivity index (χ1) is 26.7. The van der Waals surface area contributed by atoms with Crippen molar-refractivity contribution in [2.24, 2.45) is 23.7 Å². The second kappa shape index (κ2) is 18.2. The minimum absolute atomic E-state index is 0.174. The Balaban J connectivity index is 1.78. The zero-order valence-corrected chi connectivity index (χ0v) is 33.3. The fraction of sp³-hybridized carbons (Fsp3) is 0.395. The van der Waals surface area contributed by atoms with Crippen LogP contribution in [0.2, 0.25) is 0 Å². The Morgan fingerprint density at radius 1 is 0.491 bits per heavy atom. The molecule has 4 atom stereocenters. The van der Waals surface area contributed by atoms with Gasteiger partial charge in [0.05, 0.1) is 11.1 Å². The van der Waals surface area contributed by atoms with Crippen molar-refractivity contribution in [1.82, 2.24) is 21.3 Å². The molecule has 0 aliphatic carbocycles. The summed E-state index contributed by atoms with van der Waals surface area (Å²) < 4.78 is 0. The van der Waals surface area contributed by atoms with Crippen LogP contribution in [-0.4, -0.2) is 80.2 Å². The topological polar surface area (TPSA) is 231 Å². The number of rotatable bonds is 16. The minimum atomic E-state index is -1.22. The van der Waals surface area contributed by atoms with Gasteiger partial charge in [-0.3, -0.25) is 19.2 Å². The number of amides is 4. The zero-order chi connectivity index (χ0) is 42.5. The molecule has 0 aliphatic rings. The van der Waals surface area contributed by atoms with Crippen molar-refractivity contribution in [3.05, 3.63) is 82.9 Å². The summed E-state index contributed by atoms with van der Waals surface area (Å²) >= 11 is 0. The van der Waals surface area contributed by atoms with Crippen molar-refractivity contribution >= 4 is 57.1 Å². The van der Waals surface area contributed by atoms with Gasteiger partial charge in [-0.1, -0.05) is 104 Å². The summed E-state index contributed by atoms with van der Waals surface area (Å²) in [6, 6.07) is 12.1. The average Bonchev–Trinajstić information content (AvgIpc) is 3.14. The predicted octanol–water partition coefficient (Wildman–Crippen LogP) is 4.95. The summed E-state index contributed by atoms with van der Waals surface area (Å²) in [4.78, 5) is 78.1. The Morgan fingerprint density at radius 3 is 1.11 bits per heavy atom. The standard InChI is InChI=1S/C43H52N4O10/c1-20(2)32(40(52)46-34(22(5)6)42(54)55)44-38(50)30-17-24-13-9-11-15-26(24)28(36(30)48)19-29-27-16-12-10-14-25(27)18-31(37(29)49)39(51)45-33(21(3)4)41(53)47-35(23(7)8)43(56)57/h9-18,20-23,32-35,48-49H,19H2,1-8H3,(H,44,50)(H,45,51)(H,46,52)(H,47,53)(H,54,55)(H,56,57)/t32-,33-,34-,35-/m0/s1. The van der Waals surface area contributed by atoms with E-state index in [-0.39, 0.29) is 28.7 Å². The molecule has 14 nitrogen and oxygen atoms in total. The molecule has 57 heavy (non-hydrogen) atoms. The maximum absolute atomic E-state index is 13.9. The molecule has 0 fully saturated rings. The lowest BCUT2D eigenvalue weighted by molar-refractivity contribution is -0.143. The van der Waals surface area contributed by atoms with Gasteiger partial charge in [0.15, 0.2) is 0 Å². The second-order valence-electron chi connectivity index (χ2n) is 15.6. The molecule has 4 rings (SSSR count). The van der Waals surface area contributed by atoms with Gasteiger partial charge in [-0.25, -0.2) is 9.59 Å². The summed E-state index contributed by atoms with van der Waals surface area (Å²) in [5.41, 5.74) is 0.122. The van der Waals surface area contributed by atoms with Crippen molar-refractivity contribution in [3.63, 3.8) is 0 Å². The third kappa shape index (κ3) is 9.80. The summed E-state index contributed by atoms with van der Waals surface area (Å²) in [5, 5.41) is 55.5. The molecule has 304 valence electrons. The Bertz CT molecular complexity index is 2040. The van der Waals surface area contributed by atoms with Crippen LogP contribution < -0.4 is 21.3 Å². The van der Waals surface area contributed by atoms with Gasteiger partial charge in [0.1, 0.15) is 35.7 Å². The molecular weight excluding hydrogens is 732 g/mol. The van der Waals surface area contributed by atoms with Crippen LogP contribution in [0.25, 0.3) is 21.5 Å². The lowest BCUT2D eigenvalue weighted by Crippen LogP contribution is -2.55. The third-order valence-electron chi connectivity index (χ3n) is 10.0. The van der Waals surface area contributed by atoms with E-state index in [0.29, 0.717) is 21.5 Å². The highest BCUT2D eigenvalue weighted by Gasteiger charge is 2.33. The quantitative estimate of drug-likeness (QED) is 0.0762. The number of nitrogens with one attached hydrogen (secondary N) is 4. The number of hydrogen-bond donors (Lipinski definition) is 8. The van der Waals surface area contributed by atoms with E-state index in [9.17, 15) is 49.2 Å². The van der Waals surface area contributed by atoms with Gasteiger partial charge in [-0.2, -0.15) is 0 Å². The minimum Gasteiger partial charge on any atom is -0.507 e. The molecule has 0 heterocycles. The van der Waals surface area contributed by atoms with Gasteiger partial charge >= 0.3 is 11.9 Å². The first-order valence-electron chi connectivity index (χ1n) is 18.9. The van der Waals surface area contributed by atoms with E-state index < -0.39 is 94.9 Å². The van der Waals surface area contributed by atoms with Gasteiger partial charge in [0.2, 0.25) is 11.8 Å². The van der Waals surface area contributed by atoms with E-state index in [4.69, 9.17) is 0 Å². The maximum atomic E-state index is 13.9. The largest absolute Gasteiger partial charge is 0.507 e. The van der Waals surface area contributed by atoms with E-state index in [2.05, 4.69) is 21.3 Å².